The second-order valence-electron chi connectivity index (χ2n) is 6.85. The molecule has 1 amide bonds. The Kier molecular flexibility index (Phi) is 5.85. The summed E-state index contributed by atoms with van der Waals surface area (Å²) in [4.78, 5) is 14.0. The molecular weight excluding hydrogens is 307 g/mol. The van der Waals surface area contributed by atoms with E-state index in [1.165, 1.54) is 5.56 Å². The zero-order chi connectivity index (χ0) is 16.9. The highest BCUT2D eigenvalue weighted by Crippen LogP contribution is 2.31. The molecule has 0 radical (unpaired) electrons. The van der Waals surface area contributed by atoms with Crippen LogP contribution in [0.2, 0.25) is 0 Å². The highest BCUT2D eigenvalue weighted by atomic mass is 19.1. The number of nitrogens with zero attached hydrogens (tertiary/aromatic N) is 1. The first kappa shape index (κ1) is 17.4. The summed E-state index contributed by atoms with van der Waals surface area (Å²) in [5, 5.41) is 3.75. The van der Waals surface area contributed by atoms with Gasteiger partial charge in [-0.25, -0.2) is 4.39 Å². The van der Waals surface area contributed by atoms with Crippen molar-refractivity contribution in [2.75, 3.05) is 26.8 Å². The molecule has 132 valence electrons. The molecule has 1 aromatic carbocycles. The summed E-state index contributed by atoms with van der Waals surface area (Å²) in [6, 6.07) is 5.92. The van der Waals surface area contributed by atoms with Gasteiger partial charge in [-0.2, -0.15) is 0 Å². The van der Waals surface area contributed by atoms with Gasteiger partial charge in [0.2, 0.25) is 5.91 Å². The molecule has 1 N–H and O–H groups in total. The Morgan fingerprint density at radius 1 is 1.33 bits per heavy atom. The average molecular weight is 334 g/mol. The molecule has 0 aromatic heterocycles. The molecule has 0 saturated carbocycles. The van der Waals surface area contributed by atoms with Crippen molar-refractivity contribution in [2.45, 2.75) is 50.6 Å². The van der Waals surface area contributed by atoms with E-state index in [1.54, 1.807) is 19.2 Å². The highest BCUT2D eigenvalue weighted by molar-refractivity contribution is 5.76. The lowest BCUT2D eigenvalue weighted by atomic mass is 9.86. The fourth-order valence-electron chi connectivity index (χ4n) is 3.88. The Bertz CT molecular complexity index is 570. The van der Waals surface area contributed by atoms with E-state index in [2.05, 4.69) is 5.32 Å². The molecule has 1 fully saturated rings. The van der Waals surface area contributed by atoms with Crippen LogP contribution in [0.5, 0.6) is 0 Å². The maximum Gasteiger partial charge on any atom is 0.224 e. The van der Waals surface area contributed by atoms with E-state index < -0.39 is 0 Å². The quantitative estimate of drug-likeness (QED) is 0.900. The molecule has 1 aromatic rings. The molecule has 24 heavy (non-hydrogen) atoms. The molecule has 1 atom stereocenters. The third kappa shape index (κ3) is 4.14. The number of carbonyl (C=O) groups is 1. The molecule has 3 rings (SSSR count). The van der Waals surface area contributed by atoms with Crippen LogP contribution in [0.25, 0.3) is 0 Å². The number of hydrogen-bond donors (Lipinski definition) is 1. The van der Waals surface area contributed by atoms with Crippen LogP contribution in [0, 0.1) is 5.82 Å². The highest BCUT2D eigenvalue weighted by Gasteiger charge is 2.27. The van der Waals surface area contributed by atoms with Crippen LogP contribution in [0.15, 0.2) is 18.2 Å². The summed E-state index contributed by atoms with van der Waals surface area (Å²) in [5.41, 5.74) is 2.40. The average Bonchev–Trinajstić information content (AvgIpc) is 2.60. The molecule has 0 spiro atoms. The molecule has 1 saturated heterocycles. The van der Waals surface area contributed by atoms with Gasteiger partial charge in [0.25, 0.3) is 0 Å². The van der Waals surface area contributed by atoms with Crippen LogP contribution in [-0.4, -0.2) is 43.7 Å². The van der Waals surface area contributed by atoms with Gasteiger partial charge in [-0.05, 0) is 55.4 Å². The van der Waals surface area contributed by atoms with Crippen LogP contribution in [0.4, 0.5) is 4.39 Å². The van der Waals surface area contributed by atoms with E-state index in [-0.39, 0.29) is 11.7 Å². The van der Waals surface area contributed by atoms with Gasteiger partial charge < -0.3 is 15.0 Å². The van der Waals surface area contributed by atoms with Crippen molar-refractivity contribution in [3.8, 4) is 0 Å². The number of nitrogens with one attached hydrogen (secondary N) is 1. The van der Waals surface area contributed by atoms with Crippen LogP contribution in [0.3, 0.4) is 0 Å². The minimum absolute atomic E-state index is 0.141. The first-order chi connectivity index (χ1) is 11.7. The summed E-state index contributed by atoms with van der Waals surface area (Å²) in [5.74, 6) is 0.0473. The van der Waals surface area contributed by atoms with E-state index in [4.69, 9.17) is 4.74 Å². The SMILES string of the molecule is COCCC(=O)N1CCC(NC2CCCc3cc(F)ccc32)CC1. The molecule has 0 bridgehead atoms. The second kappa shape index (κ2) is 8.08. The monoisotopic (exact) mass is 334 g/mol. The van der Waals surface area contributed by atoms with Crippen molar-refractivity contribution < 1.29 is 13.9 Å². The van der Waals surface area contributed by atoms with Crippen molar-refractivity contribution in [1.29, 1.82) is 0 Å². The number of fused-ring (bicyclic) bond motifs is 1. The van der Waals surface area contributed by atoms with Crippen molar-refractivity contribution in [1.82, 2.24) is 10.2 Å². The summed E-state index contributed by atoms with van der Waals surface area (Å²) < 4.78 is 18.4. The molecule has 1 heterocycles. The van der Waals surface area contributed by atoms with Crippen molar-refractivity contribution in [3.05, 3.63) is 35.1 Å². The largest absolute Gasteiger partial charge is 0.384 e. The number of amides is 1. The Balaban J connectivity index is 1.53. The lowest BCUT2D eigenvalue weighted by Gasteiger charge is -2.36. The Hall–Kier alpha value is -1.46. The maximum absolute atomic E-state index is 13.4. The lowest BCUT2D eigenvalue weighted by Crippen LogP contribution is -2.46. The summed E-state index contributed by atoms with van der Waals surface area (Å²) in [6.45, 7) is 2.11. The molecule has 1 aliphatic carbocycles. The number of carbonyl (C=O) groups excluding carboxylic acids is 1. The Labute approximate surface area is 143 Å². The second-order valence-corrected chi connectivity index (χ2v) is 6.85. The molecular formula is C19H27FN2O2. The lowest BCUT2D eigenvalue weighted by molar-refractivity contribution is -0.133. The van der Waals surface area contributed by atoms with E-state index in [0.29, 0.717) is 25.1 Å². The van der Waals surface area contributed by atoms with Crippen LogP contribution in [0.1, 0.15) is 49.3 Å². The number of piperidine rings is 1. The van der Waals surface area contributed by atoms with Crippen LogP contribution >= 0.6 is 0 Å². The standard InChI is InChI=1S/C19H27FN2O2/c1-24-12-9-19(23)22-10-7-16(8-11-22)21-18-4-2-3-14-13-15(20)5-6-17(14)18/h5-6,13,16,18,21H,2-4,7-12H2,1H3. The van der Waals surface area contributed by atoms with E-state index in [9.17, 15) is 9.18 Å². The van der Waals surface area contributed by atoms with Gasteiger partial charge in [0, 0.05) is 32.3 Å². The van der Waals surface area contributed by atoms with Crippen molar-refractivity contribution in [3.63, 3.8) is 0 Å². The molecule has 1 aliphatic heterocycles. The number of halogens is 1. The number of ether oxygens (including phenoxy) is 1. The fraction of sp³-hybridized carbons (Fsp3) is 0.632. The molecule has 5 heteroatoms. The number of methoxy groups -OCH3 is 1. The number of likely N-dealkylation sites (tertiary alicyclic amines) is 1. The zero-order valence-corrected chi connectivity index (χ0v) is 14.4. The maximum atomic E-state index is 13.4. The Morgan fingerprint density at radius 2 is 2.12 bits per heavy atom. The van der Waals surface area contributed by atoms with Gasteiger partial charge in [-0.1, -0.05) is 6.07 Å². The Morgan fingerprint density at radius 3 is 2.88 bits per heavy atom. The topological polar surface area (TPSA) is 41.6 Å². The first-order valence-electron chi connectivity index (χ1n) is 8.98. The summed E-state index contributed by atoms with van der Waals surface area (Å²) in [6.07, 6.45) is 5.60. The van der Waals surface area contributed by atoms with Crippen molar-refractivity contribution in [2.24, 2.45) is 0 Å². The van der Waals surface area contributed by atoms with Gasteiger partial charge in [0.05, 0.1) is 13.0 Å². The molecule has 2 aliphatic rings. The smallest absolute Gasteiger partial charge is 0.224 e. The minimum atomic E-state index is -0.141. The minimum Gasteiger partial charge on any atom is -0.384 e. The van der Waals surface area contributed by atoms with Gasteiger partial charge in [0.1, 0.15) is 5.82 Å². The fourth-order valence-corrected chi connectivity index (χ4v) is 3.88. The third-order valence-electron chi connectivity index (χ3n) is 5.22. The van der Waals surface area contributed by atoms with Gasteiger partial charge >= 0.3 is 0 Å². The summed E-state index contributed by atoms with van der Waals surface area (Å²) in [7, 11) is 1.62. The van der Waals surface area contributed by atoms with Gasteiger partial charge in [-0.15, -0.1) is 0 Å². The van der Waals surface area contributed by atoms with E-state index in [0.717, 1.165) is 50.8 Å². The first-order valence-corrected chi connectivity index (χ1v) is 8.98. The van der Waals surface area contributed by atoms with E-state index in [1.807, 2.05) is 11.0 Å². The number of benzene rings is 1. The van der Waals surface area contributed by atoms with E-state index >= 15 is 0 Å². The zero-order valence-electron chi connectivity index (χ0n) is 14.4. The summed E-state index contributed by atoms with van der Waals surface area (Å²) >= 11 is 0. The predicted octanol–water partition coefficient (Wildman–Crippen LogP) is 2.82. The van der Waals surface area contributed by atoms with Crippen molar-refractivity contribution >= 4 is 5.91 Å². The van der Waals surface area contributed by atoms with Gasteiger partial charge in [-0.3, -0.25) is 4.79 Å². The van der Waals surface area contributed by atoms with Crippen LogP contribution < -0.4 is 5.32 Å². The van der Waals surface area contributed by atoms with Crippen LogP contribution in [-0.2, 0) is 16.0 Å². The molecule has 4 nitrogen and oxygen atoms in total. The number of aryl methyl sites for hydroxylation is 1. The van der Waals surface area contributed by atoms with Gasteiger partial charge in [0.15, 0.2) is 0 Å². The third-order valence-corrected chi connectivity index (χ3v) is 5.22. The predicted molar refractivity (Wildman–Crippen MR) is 91.3 cm³/mol. The number of hydrogen-bond acceptors (Lipinski definition) is 3. The molecule has 1 unspecified atom stereocenters. The normalized spacial score (nSPS) is 21.6. The number of rotatable bonds is 5.